The van der Waals surface area contributed by atoms with Gasteiger partial charge in [-0.25, -0.2) is 4.98 Å². The molecule has 0 aliphatic carbocycles. The molecule has 0 aromatic carbocycles. The normalized spacial score (nSPS) is 10.4. The summed E-state index contributed by atoms with van der Waals surface area (Å²) in [5.74, 6) is -0.0347. The third-order valence-corrected chi connectivity index (χ3v) is 1.38. The van der Waals surface area contributed by atoms with E-state index in [-0.39, 0.29) is 5.75 Å². The molecule has 2 heterocycles. The maximum atomic E-state index is 11.0. The fourth-order valence-electron chi connectivity index (χ4n) is 0.922. The van der Waals surface area contributed by atoms with Gasteiger partial charge in [0.15, 0.2) is 5.65 Å². The average Bonchev–Trinajstić information content (AvgIpc) is 2.36. The lowest BCUT2D eigenvalue weighted by Crippen LogP contribution is -1.79. The maximum absolute atomic E-state index is 11.0. The van der Waals surface area contributed by atoms with Gasteiger partial charge in [-0.15, -0.1) is 0 Å². The van der Waals surface area contributed by atoms with Crippen LogP contribution in [-0.2, 0) is 5.11 Å². The summed E-state index contributed by atoms with van der Waals surface area (Å²) in [6.07, 6.45) is 5.15. The summed E-state index contributed by atoms with van der Waals surface area (Å²) in [5, 5.41) is 11.0. The van der Waals surface area contributed by atoms with Gasteiger partial charge in [0.1, 0.15) is 0 Å². The molecule has 0 bridgehead atoms. The number of aromatic nitrogens is 2. The van der Waals surface area contributed by atoms with Crippen molar-refractivity contribution >= 4 is 5.65 Å². The Labute approximate surface area is 57.6 Å². The van der Waals surface area contributed by atoms with Gasteiger partial charge < -0.3 is 4.40 Å². The van der Waals surface area contributed by atoms with Gasteiger partial charge in [-0.05, 0) is 12.1 Å². The van der Waals surface area contributed by atoms with Gasteiger partial charge in [0.2, 0.25) is 5.75 Å². The minimum absolute atomic E-state index is 0.0347. The highest BCUT2D eigenvalue weighted by Gasteiger charge is 1.98. The van der Waals surface area contributed by atoms with Gasteiger partial charge in [0, 0.05) is 18.6 Å². The molecule has 3 nitrogen and oxygen atoms in total. The summed E-state index contributed by atoms with van der Waals surface area (Å²) in [7, 11) is 0. The number of fused-ring (bicyclic) bond motifs is 1. The van der Waals surface area contributed by atoms with E-state index < -0.39 is 0 Å². The van der Waals surface area contributed by atoms with Crippen molar-refractivity contribution in [3.63, 3.8) is 0 Å². The van der Waals surface area contributed by atoms with Gasteiger partial charge in [-0.2, -0.15) is 0 Å². The van der Waals surface area contributed by atoms with E-state index in [0.29, 0.717) is 5.65 Å². The van der Waals surface area contributed by atoms with E-state index in [1.165, 1.54) is 6.07 Å². The molecule has 0 unspecified atom stereocenters. The van der Waals surface area contributed by atoms with Gasteiger partial charge in [0.25, 0.3) is 0 Å². The quantitative estimate of drug-likeness (QED) is 0.536. The smallest absolute Gasteiger partial charge is 0.221 e. The first-order valence-corrected chi connectivity index (χ1v) is 2.96. The van der Waals surface area contributed by atoms with E-state index in [0.717, 1.165) is 0 Å². The van der Waals surface area contributed by atoms with Crippen LogP contribution in [0, 0.1) is 0 Å². The molecule has 2 aromatic rings. The molecule has 0 N–H and O–H groups in total. The molecular formula is C7H5N2O. The second-order valence-electron chi connectivity index (χ2n) is 2.03. The van der Waals surface area contributed by atoms with E-state index >= 15 is 0 Å². The molecule has 2 rings (SSSR count). The van der Waals surface area contributed by atoms with Gasteiger partial charge in [0.05, 0.1) is 0 Å². The zero-order chi connectivity index (χ0) is 6.97. The summed E-state index contributed by atoms with van der Waals surface area (Å²) < 4.78 is 1.70. The Morgan fingerprint density at radius 2 is 2.30 bits per heavy atom. The Hall–Kier alpha value is -1.51. The second kappa shape index (κ2) is 1.73. The highest BCUT2D eigenvalue weighted by atomic mass is 16.3. The lowest BCUT2D eigenvalue weighted by molar-refractivity contribution is 0.357. The first-order chi connectivity index (χ1) is 4.88. The van der Waals surface area contributed by atoms with Crippen LogP contribution in [0.5, 0.6) is 5.75 Å². The van der Waals surface area contributed by atoms with Crippen molar-refractivity contribution in [3.8, 4) is 5.75 Å². The SMILES string of the molecule is [O]c1cccn2ccnc12. The van der Waals surface area contributed by atoms with Crippen LogP contribution in [0.1, 0.15) is 0 Å². The van der Waals surface area contributed by atoms with Crippen LogP contribution in [0.2, 0.25) is 0 Å². The number of nitrogens with zero attached hydrogens (tertiary/aromatic N) is 2. The molecule has 2 aromatic heterocycles. The minimum Gasteiger partial charge on any atom is -0.304 e. The zero-order valence-electron chi connectivity index (χ0n) is 5.19. The summed E-state index contributed by atoms with van der Waals surface area (Å²) in [6.45, 7) is 0. The molecule has 0 fully saturated rings. The van der Waals surface area contributed by atoms with E-state index in [4.69, 9.17) is 0 Å². The molecule has 0 saturated carbocycles. The largest absolute Gasteiger partial charge is 0.304 e. The number of rotatable bonds is 0. The lowest BCUT2D eigenvalue weighted by Gasteiger charge is -1.90. The van der Waals surface area contributed by atoms with Crippen molar-refractivity contribution in [1.29, 1.82) is 0 Å². The van der Waals surface area contributed by atoms with E-state index in [1.807, 2.05) is 0 Å². The summed E-state index contributed by atoms with van der Waals surface area (Å²) in [4.78, 5) is 3.87. The second-order valence-corrected chi connectivity index (χ2v) is 2.03. The number of pyridine rings is 1. The molecule has 10 heavy (non-hydrogen) atoms. The van der Waals surface area contributed by atoms with E-state index in [9.17, 15) is 5.11 Å². The topological polar surface area (TPSA) is 37.2 Å². The fraction of sp³-hybridized carbons (Fsp3) is 0. The fourth-order valence-corrected chi connectivity index (χ4v) is 0.922. The Balaban J connectivity index is 2.95. The van der Waals surface area contributed by atoms with E-state index in [1.54, 1.807) is 29.1 Å². The number of hydrogen-bond donors (Lipinski definition) is 0. The first kappa shape index (κ1) is 5.29. The standard InChI is InChI=1S/C7H5N2O/c10-6-2-1-4-9-5-3-8-7(6)9/h1-5H. The van der Waals surface area contributed by atoms with Crippen LogP contribution < -0.4 is 0 Å². The number of imidazole rings is 1. The van der Waals surface area contributed by atoms with Crippen LogP contribution in [0.3, 0.4) is 0 Å². The van der Waals surface area contributed by atoms with Crippen molar-refractivity contribution in [2.24, 2.45) is 0 Å². The Kier molecular flexibility index (Phi) is 0.917. The third-order valence-electron chi connectivity index (χ3n) is 1.38. The van der Waals surface area contributed by atoms with Crippen LogP contribution in [0.4, 0.5) is 0 Å². The van der Waals surface area contributed by atoms with Gasteiger partial charge in [-0.3, -0.25) is 5.11 Å². The Morgan fingerprint density at radius 1 is 1.40 bits per heavy atom. The predicted octanol–water partition coefficient (Wildman–Crippen LogP) is 1.48. The molecule has 0 atom stereocenters. The Bertz CT molecular complexity index is 353. The van der Waals surface area contributed by atoms with Crippen molar-refractivity contribution in [2.75, 3.05) is 0 Å². The Morgan fingerprint density at radius 3 is 3.10 bits per heavy atom. The first-order valence-electron chi connectivity index (χ1n) is 2.96. The third kappa shape index (κ3) is 0.572. The molecule has 0 aliphatic rings. The minimum atomic E-state index is -0.0347. The summed E-state index contributed by atoms with van der Waals surface area (Å²) >= 11 is 0. The van der Waals surface area contributed by atoms with Crippen molar-refractivity contribution in [1.82, 2.24) is 9.38 Å². The van der Waals surface area contributed by atoms with Crippen molar-refractivity contribution in [2.45, 2.75) is 0 Å². The molecule has 3 heteroatoms. The molecule has 0 saturated heterocycles. The highest BCUT2D eigenvalue weighted by molar-refractivity contribution is 5.51. The highest BCUT2D eigenvalue weighted by Crippen LogP contribution is 2.14. The molecule has 1 radical (unpaired) electrons. The van der Waals surface area contributed by atoms with Crippen LogP contribution in [0.15, 0.2) is 30.7 Å². The molecule has 0 amide bonds. The number of hydrogen-bond acceptors (Lipinski definition) is 1. The van der Waals surface area contributed by atoms with Crippen LogP contribution >= 0.6 is 0 Å². The van der Waals surface area contributed by atoms with Crippen molar-refractivity contribution in [3.05, 3.63) is 30.7 Å². The molecule has 49 valence electrons. The maximum Gasteiger partial charge on any atom is 0.221 e. The summed E-state index contributed by atoms with van der Waals surface area (Å²) in [5.41, 5.74) is 0.488. The molecule has 0 spiro atoms. The lowest BCUT2D eigenvalue weighted by atomic mass is 10.4. The monoisotopic (exact) mass is 133 g/mol. The van der Waals surface area contributed by atoms with Gasteiger partial charge >= 0.3 is 0 Å². The van der Waals surface area contributed by atoms with Gasteiger partial charge in [-0.1, -0.05) is 0 Å². The van der Waals surface area contributed by atoms with E-state index in [2.05, 4.69) is 4.98 Å². The average molecular weight is 133 g/mol. The van der Waals surface area contributed by atoms with Crippen LogP contribution in [0.25, 0.3) is 5.65 Å². The van der Waals surface area contributed by atoms with Crippen molar-refractivity contribution < 1.29 is 5.11 Å². The zero-order valence-corrected chi connectivity index (χ0v) is 5.19. The predicted molar refractivity (Wildman–Crippen MR) is 35.3 cm³/mol. The molecular weight excluding hydrogens is 128 g/mol. The molecule has 0 aliphatic heterocycles. The summed E-state index contributed by atoms with van der Waals surface area (Å²) in [6, 6.07) is 3.21. The van der Waals surface area contributed by atoms with Crippen LogP contribution in [-0.4, -0.2) is 9.38 Å².